The number of nitrogens with zero attached hydrogens (tertiary/aromatic N) is 1. The molecule has 5 nitrogen and oxygen atoms in total. The number of rotatable bonds is 4. The zero-order valence-electron chi connectivity index (χ0n) is 10.9. The van der Waals surface area contributed by atoms with Gasteiger partial charge in [-0.3, -0.25) is 10.1 Å². The number of aliphatic hydroxyl groups excluding tert-OH is 1. The molecule has 0 saturated carbocycles. The highest BCUT2D eigenvalue weighted by molar-refractivity contribution is 6.33. The van der Waals surface area contributed by atoms with Crippen LogP contribution in [-0.4, -0.2) is 10.0 Å². The van der Waals surface area contributed by atoms with Crippen LogP contribution in [0, 0.1) is 10.1 Å². The monoisotopic (exact) mass is 327 g/mol. The van der Waals surface area contributed by atoms with Gasteiger partial charge in [0.25, 0.3) is 5.69 Å². The lowest BCUT2D eigenvalue weighted by Crippen LogP contribution is -1.93. The van der Waals surface area contributed by atoms with Crippen molar-refractivity contribution in [1.82, 2.24) is 0 Å². The Bertz CT molecular complexity index is 689. The van der Waals surface area contributed by atoms with E-state index in [-0.39, 0.29) is 16.5 Å². The first-order chi connectivity index (χ1) is 9.88. The first-order valence-electron chi connectivity index (χ1n) is 5.98. The van der Waals surface area contributed by atoms with E-state index in [0.717, 1.165) is 0 Å². The van der Waals surface area contributed by atoms with Gasteiger partial charge >= 0.3 is 0 Å². The van der Waals surface area contributed by atoms with Crippen LogP contribution in [0.15, 0.2) is 36.4 Å². The Labute approximate surface area is 130 Å². The maximum absolute atomic E-state index is 10.6. The van der Waals surface area contributed by atoms with Crippen LogP contribution in [0.25, 0.3) is 0 Å². The van der Waals surface area contributed by atoms with Crippen LogP contribution in [0.1, 0.15) is 18.6 Å². The quantitative estimate of drug-likeness (QED) is 0.649. The fourth-order valence-electron chi connectivity index (χ4n) is 1.66. The van der Waals surface area contributed by atoms with Gasteiger partial charge in [0.1, 0.15) is 11.5 Å². The average Bonchev–Trinajstić information content (AvgIpc) is 2.42. The summed E-state index contributed by atoms with van der Waals surface area (Å²) in [5.41, 5.74) is 0.532. The summed E-state index contributed by atoms with van der Waals surface area (Å²) >= 11 is 12.0. The summed E-state index contributed by atoms with van der Waals surface area (Å²) in [5.74, 6) is 0.603. The number of hydrogen-bond acceptors (Lipinski definition) is 4. The number of aliphatic hydroxyl groups is 1. The zero-order chi connectivity index (χ0) is 15.6. The van der Waals surface area contributed by atoms with Gasteiger partial charge in [0.2, 0.25) is 0 Å². The molecule has 1 N–H and O–H groups in total. The van der Waals surface area contributed by atoms with Crippen molar-refractivity contribution in [2.24, 2.45) is 0 Å². The normalized spacial score (nSPS) is 12.0. The van der Waals surface area contributed by atoms with Gasteiger partial charge in [0, 0.05) is 12.1 Å². The lowest BCUT2D eigenvalue weighted by Gasteiger charge is -2.11. The third-order valence-electron chi connectivity index (χ3n) is 2.78. The standard InChI is InChI=1S/C14H11Cl2NO4/c1-8(18)9-2-4-13(11(15)6-9)21-14-5-3-10(17(19)20)7-12(14)16/h2-8,18H,1H3/t8-/m0/s1. The van der Waals surface area contributed by atoms with Crippen molar-refractivity contribution < 1.29 is 14.8 Å². The minimum atomic E-state index is -0.639. The van der Waals surface area contributed by atoms with E-state index in [2.05, 4.69) is 0 Å². The van der Waals surface area contributed by atoms with E-state index < -0.39 is 11.0 Å². The molecule has 7 heteroatoms. The second kappa shape index (κ2) is 6.30. The molecule has 0 spiro atoms. The van der Waals surface area contributed by atoms with Gasteiger partial charge in [0.15, 0.2) is 0 Å². The Morgan fingerprint density at radius 3 is 2.19 bits per heavy atom. The molecule has 0 heterocycles. The molecule has 2 aromatic rings. The van der Waals surface area contributed by atoms with Crippen molar-refractivity contribution >= 4 is 28.9 Å². The molecule has 0 aliphatic carbocycles. The third-order valence-corrected chi connectivity index (χ3v) is 3.38. The molecule has 0 aromatic heterocycles. The number of non-ortho nitro benzene ring substituents is 1. The summed E-state index contributed by atoms with van der Waals surface area (Å²) in [5, 5.41) is 20.5. The second-order valence-electron chi connectivity index (χ2n) is 4.34. The molecule has 0 fully saturated rings. The molecule has 0 aliphatic heterocycles. The van der Waals surface area contributed by atoms with Gasteiger partial charge in [-0.05, 0) is 30.7 Å². The Kier molecular flexibility index (Phi) is 4.67. The Morgan fingerprint density at radius 1 is 1.14 bits per heavy atom. The van der Waals surface area contributed by atoms with Gasteiger partial charge < -0.3 is 9.84 Å². The predicted octanol–water partition coefficient (Wildman–Crippen LogP) is 4.75. The average molecular weight is 328 g/mol. The molecule has 21 heavy (non-hydrogen) atoms. The first-order valence-corrected chi connectivity index (χ1v) is 6.73. The lowest BCUT2D eigenvalue weighted by atomic mass is 10.1. The SMILES string of the molecule is C[C@H](O)c1ccc(Oc2ccc([N+](=O)[O-])cc2Cl)c(Cl)c1. The Hall–Kier alpha value is -1.82. The highest BCUT2D eigenvalue weighted by atomic mass is 35.5. The molecule has 0 aliphatic rings. The van der Waals surface area contributed by atoms with Crippen LogP contribution >= 0.6 is 23.2 Å². The van der Waals surface area contributed by atoms with Gasteiger partial charge in [-0.15, -0.1) is 0 Å². The predicted molar refractivity (Wildman–Crippen MR) is 80.3 cm³/mol. The largest absolute Gasteiger partial charge is 0.454 e. The van der Waals surface area contributed by atoms with E-state index >= 15 is 0 Å². The molecule has 1 atom stereocenters. The molecule has 0 amide bonds. The molecule has 2 aromatic carbocycles. The molecule has 0 bridgehead atoms. The maximum atomic E-state index is 10.6. The fourth-order valence-corrected chi connectivity index (χ4v) is 2.11. The van der Waals surface area contributed by atoms with E-state index in [0.29, 0.717) is 16.3 Å². The molecule has 0 unspecified atom stereocenters. The minimum Gasteiger partial charge on any atom is -0.454 e. The minimum absolute atomic E-state index is 0.111. The smallest absolute Gasteiger partial charge is 0.271 e. The number of ether oxygens (including phenoxy) is 1. The van der Waals surface area contributed by atoms with Crippen molar-refractivity contribution in [3.05, 3.63) is 62.1 Å². The van der Waals surface area contributed by atoms with Gasteiger partial charge in [-0.25, -0.2) is 0 Å². The van der Waals surface area contributed by atoms with Crippen LogP contribution in [0.5, 0.6) is 11.5 Å². The molecular formula is C14H11Cl2NO4. The van der Waals surface area contributed by atoms with Crippen molar-refractivity contribution in [2.75, 3.05) is 0 Å². The van der Waals surface area contributed by atoms with Crippen LogP contribution in [0.2, 0.25) is 10.0 Å². The van der Waals surface area contributed by atoms with Crippen molar-refractivity contribution in [1.29, 1.82) is 0 Å². The summed E-state index contributed by atoms with van der Waals surface area (Å²) in [6.45, 7) is 1.62. The van der Waals surface area contributed by atoms with Crippen molar-refractivity contribution in [3.63, 3.8) is 0 Å². The van der Waals surface area contributed by atoms with E-state index in [1.165, 1.54) is 18.2 Å². The summed E-state index contributed by atoms with van der Waals surface area (Å²) in [4.78, 5) is 10.1. The third kappa shape index (κ3) is 3.64. The molecule has 110 valence electrons. The number of benzene rings is 2. The number of nitro benzene ring substituents is 1. The fraction of sp³-hybridized carbons (Fsp3) is 0.143. The number of nitro groups is 1. The summed E-state index contributed by atoms with van der Waals surface area (Å²) in [6.07, 6.45) is -0.639. The van der Waals surface area contributed by atoms with E-state index in [1.54, 1.807) is 25.1 Å². The first kappa shape index (κ1) is 15.6. The van der Waals surface area contributed by atoms with Gasteiger partial charge in [-0.2, -0.15) is 0 Å². The Balaban J connectivity index is 2.28. The van der Waals surface area contributed by atoms with Crippen LogP contribution in [0.3, 0.4) is 0 Å². The summed E-state index contributed by atoms with van der Waals surface area (Å²) < 4.78 is 5.54. The van der Waals surface area contributed by atoms with Crippen molar-refractivity contribution in [3.8, 4) is 11.5 Å². The summed E-state index contributed by atoms with van der Waals surface area (Å²) in [6, 6.07) is 8.75. The molecule has 0 radical (unpaired) electrons. The number of halogens is 2. The topological polar surface area (TPSA) is 72.6 Å². The highest BCUT2D eigenvalue weighted by Crippen LogP contribution is 2.36. The van der Waals surface area contributed by atoms with E-state index in [1.807, 2.05) is 0 Å². The van der Waals surface area contributed by atoms with Crippen molar-refractivity contribution in [2.45, 2.75) is 13.0 Å². The lowest BCUT2D eigenvalue weighted by molar-refractivity contribution is -0.384. The molecule has 0 saturated heterocycles. The second-order valence-corrected chi connectivity index (χ2v) is 5.15. The summed E-state index contributed by atoms with van der Waals surface area (Å²) in [7, 11) is 0. The highest BCUT2D eigenvalue weighted by Gasteiger charge is 2.13. The molecule has 2 rings (SSSR count). The Morgan fingerprint density at radius 2 is 1.71 bits per heavy atom. The van der Waals surface area contributed by atoms with E-state index in [4.69, 9.17) is 27.9 Å². The number of hydrogen-bond donors (Lipinski definition) is 1. The van der Waals surface area contributed by atoms with Gasteiger partial charge in [0.05, 0.1) is 21.1 Å². The van der Waals surface area contributed by atoms with Gasteiger partial charge in [-0.1, -0.05) is 29.3 Å². The zero-order valence-corrected chi connectivity index (χ0v) is 12.4. The molecular weight excluding hydrogens is 317 g/mol. The van der Waals surface area contributed by atoms with Crippen LogP contribution < -0.4 is 4.74 Å². The van der Waals surface area contributed by atoms with Crippen LogP contribution in [0.4, 0.5) is 5.69 Å². The maximum Gasteiger partial charge on any atom is 0.271 e. The van der Waals surface area contributed by atoms with E-state index in [9.17, 15) is 15.2 Å². The van der Waals surface area contributed by atoms with Crippen LogP contribution in [-0.2, 0) is 0 Å².